The molecule has 31 heavy (non-hydrogen) atoms. The number of benzene rings is 2. The number of sulfonamides is 1. The minimum Gasteiger partial charge on any atom is -0.494 e. The number of nitrogens with one attached hydrogen (secondary N) is 1. The Hall–Kier alpha value is -2.58. The van der Waals surface area contributed by atoms with Crippen molar-refractivity contribution in [2.45, 2.75) is 32.9 Å². The number of amides is 1. The number of ether oxygens (including phenoxy) is 1. The SMILES string of the molecule is CCOc1cccc(N(CC(=O)NCc2ccc(CN3CCCC3)cc2)S(C)(=O)=O)c1. The summed E-state index contributed by atoms with van der Waals surface area (Å²) >= 11 is 0. The number of hydrogen-bond acceptors (Lipinski definition) is 5. The molecule has 7 nitrogen and oxygen atoms in total. The smallest absolute Gasteiger partial charge is 0.241 e. The molecule has 1 aliphatic heterocycles. The second-order valence-corrected chi connectivity index (χ2v) is 9.68. The molecule has 168 valence electrons. The van der Waals surface area contributed by atoms with Crippen LogP contribution in [0.3, 0.4) is 0 Å². The summed E-state index contributed by atoms with van der Waals surface area (Å²) in [6.07, 6.45) is 3.63. The molecule has 8 heteroatoms. The van der Waals surface area contributed by atoms with E-state index in [4.69, 9.17) is 4.74 Å². The lowest BCUT2D eigenvalue weighted by Crippen LogP contribution is -2.40. The lowest BCUT2D eigenvalue weighted by Gasteiger charge is -2.22. The highest BCUT2D eigenvalue weighted by Gasteiger charge is 2.21. The highest BCUT2D eigenvalue weighted by atomic mass is 32.2. The summed E-state index contributed by atoms with van der Waals surface area (Å²) < 4.78 is 31.1. The number of likely N-dealkylation sites (tertiary alicyclic amines) is 1. The van der Waals surface area contributed by atoms with Crippen molar-refractivity contribution in [3.8, 4) is 5.75 Å². The molecule has 0 atom stereocenters. The highest BCUT2D eigenvalue weighted by Crippen LogP contribution is 2.23. The second kappa shape index (κ2) is 10.6. The van der Waals surface area contributed by atoms with Gasteiger partial charge in [0.1, 0.15) is 12.3 Å². The Morgan fingerprint density at radius 1 is 1.10 bits per heavy atom. The molecule has 2 aromatic carbocycles. The summed E-state index contributed by atoms with van der Waals surface area (Å²) in [6.45, 7) is 5.65. The number of nitrogens with zero attached hydrogens (tertiary/aromatic N) is 2. The number of carbonyl (C=O) groups excluding carboxylic acids is 1. The summed E-state index contributed by atoms with van der Waals surface area (Å²) in [5.74, 6) is 0.191. The van der Waals surface area contributed by atoms with Crippen LogP contribution in [0.25, 0.3) is 0 Å². The van der Waals surface area contributed by atoms with Crippen molar-refractivity contribution >= 4 is 21.6 Å². The molecule has 0 saturated carbocycles. The molecule has 0 bridgehead atoms. The fourth-order valence-corrected chi connectivity index (χ4v) is 4.49. The molecule has 1 amide bonds. The van der Waals surface area contributed by atoms with E-state index in [1.54, 1.807) is 24.3 Å². The van der Waals surface area contributed by atoms with Crippen LogP contribution in [0.2, 0.25) is 0 Å². The highest BCUT2D eigenvalue weighted by molar-refractivity contribution is 7.92. The molecule has 1 heterocycles. The van der Waals surface area contributed by atoms with Crippen LogP contribution in [0.5, 0.6) is 5.75 Å². The largest absolute Gasteiger partial charge is 0.494 e. The van der Waals surface area contributed by atoms with E-state index in [1.807, 2.05) is 19.1 Å². The van der Waals surface area contributed by atoms with Gasteiger partial charge in [-0.05, 0) is 56.1 Å². The van der Waals surface area contributed by atoms with Crippen LogP contribution in [-0.4, -0.2) is 51.7 Å². The third kappa shape index (κ3) is 6.97. The van der Waals surface area contributed by atoms with Crippen LogP contribution in [0.1, 0.15) is 30.9 Å². The van der Waals surface area contributed by atoms with Gasteiger partial charge in [-0.3, -0.25) is 14.0 Å². The first kappa shape index (κ1) is 23.1. The number of hydrogen-bond donors (Lipinski definition) is 1. The molecule has 3 rings (SSSR count). The van der Waals surface area contributed by atoms with E-state index in [0.717, 1.165) is 35.8 Å². The number of carbonyl (C=O) groups is 1. The van der Waals surface area contributed by atoms with Gasteiger partial charge < -0.3 is 10.1 Å². The van der Waals surface area contributed by atoms with Crippen molar-refractivity contribution in [3.05, 3.63) is 59.7 Å². The van der Waals surface area contributed by atoms with Gasteiger partial charge in [0.05, 0.1) is 18.6 Å². The summed E-state index contributed by atoms with van der Waals surface area (Å²) in [6, 6.07) is 14.9. The van der Waals surface area contributed by atoms with Crippen LogP contribution in [0, 0.1) is 0 Å². The van der Waals surface area contributed by atoms with Crippen molar-refractivity contribution in [1.29, 1.82) is 0 Å². The van der Waals surface area contributed by atoms with Gasteiger partial charge in [-0.25, -0.2) is 8.42 Å². The quantitative estimate of drug-likeness (QED) is 0.608. The molecule has 0 aromatic heterocycles. The fourth-order valence-electron chi connectivity index (χ4n) is 3.64. The lowest BCUT2D eigenvalue weighted by atomic mass is 10.1. The third-order valence-corrected chi connectivity index (χ3v) is 6.36. The summed E-state index contributed by atoms with van der Waals surface area (Å²) in [5, 5.41) is 2.82. The number of anilines is 1. The Morgan fingerprint density at radius 2 is 1.77 bits per heavy atom. The Kier molecular flexibility index (Phi) is 7.92. The van der Waals surface area contributed by atoms with Crippen LogP contribution in [0.15, 0.2) is 48.5 Å². The monoisotopic (exact) mass is 445 g/mol. The Balaban J connectivity index is 1.58. The van der Waals surface area contributed by atoms with E-state index in [2.05, 4.69) is 22.3 Å². The van der Waals surface area contributed by atoms with E-state index in [0.29, 0.717) is 24.6 Å². The molecular weight excluding hydrogens is 414 g/mol. The van der Waals surface area contributed by atoms with E-state index in [-0.39, 0.29) is 12.5 Å². The third-order valence-electron chi connectivity index (χ3n) is 5.22. The predicted molar refractivity (Wildman–Crippen MR) is 123 cm³/mol. The van der Waals surface area contributed by atoms with Crippen molar-refractivity contribution < 1.29 is 17.9 Å². The molecule has 2 aromatic rings. The molecule has 0 spiro atoms. The van der Waals surface area contributed by atoms with Crippen molar-refractivity contribution in [1.82, 2.24) is 10.2 Å². The fraction of sp³-hybridized carbons (Fsp3) is 0.435. The maximum atomic E-state index is 12.5. The minimum absolute atomic E-state index is 0.290. The maximum Gasteiger partial charge on any atom is 0.241 e. The van der Waals surface area contributed by atoms with Crippen molar-refractivity contribution in [2.75, 3.05) is 36.8 Å². The van der Waals surface area contributed by atoms with E-state index < -0.39 is 10.0 Å². The second-order valence-electron chi connectivity index (χ2n) is 7.78. The lowest BCUT2D eigenvalue weighted by molar-refractivity contribution is -0.119. The van der Waals surface area contributed by atoms with E-state index >= 15 is 0 Å². The Morgan fingerprint density at radius 3 is 2.42 bits per heavy atom. The molecular formula is C23H31N3O4S. The van der Waals surface area contributed by atoms with Gasteiger partial charge in [0.15, 0.2) is 0 Å². The van der Waals surface area contributed by atoms with Gasteiger partial charge in [-0.1, -0.05) is 30.3 Å². The Bertz CT molecular complexity index is 971. The van der Waals surface area contributed by atoms with Crippen LogP contribution in [-0.2, 0) is 27.9 Å². The zero-order chi connectivity index (χ0) is 22.3. The molecule has 0 radical (unpaired) electrons. The van der Waals surface area contributed by atoms with Crippen LogP contribution in [0.4, 0.5) is 5.69 Å². The zero-order valence-corrected chi connectivity index (χ0v) is 19.0. The molecule has 0 unspecified atom stereocenters. The van der Waals surface area contributed by atoms with Crippen molar-refractivity contribution in [2.24, 2.45) is 0 Å². The van der Waals surface area contributed by atoms with Gasteiger partial charge in [0.2, 0.25) is 15.9 Å². The van der Waals surface area contributed by atoms with Gasteiger partial charge >= 0.3 is 0 Å². The summed E-state index contributed by atoms with van der Waals surface area (Å²) in [5.41, 5.74) is 2.63. The zero-order valence-electron chi connectivity index (χ0n) is 18.2. The summed E-state index contributed by atoms with van der Waals surface area (Å²) in [4.78, 5) is 14.9. The summed E-state index contributed by atoms with van der Waals surface area (Å²) in [7, 11) is -3.63. The van der Waals surface area contributed by atoms with Gasteiger partial charge in [0, 0.05) is 19.2 Å². The van der Waals surface area contributed by atoms with Crippen LogP contribution < -0.4 is 14.4 Å². The topological polar surface area (TPSA) is 79.0 Å². The predicted octanol–water partition coefficient (Wildman–Crippen LogP) is 2.76. The van der Waals surface area contributed by atoms with Gasteiger partial charge in [0.25, 0.3) is 0 Å². The standard InChI is InChI=1S/C23H31N3O4S/c1-3-30-22-8-6-7-21(15-22)26(31(2,28)29)18-23(27)24-16-19-9-11-20(12-10-19)17-25-13-4-5-14-25/h6-12,15H,3-5,13-14,16-18H2,1-2H3,(H,24,27). The minimum atomic E-state index is -3.63. The van der Waals surface area contributed by atoms with E-state index in [1.165, 1.54) is 18.4 Å². The molecule has 1 aliphatic rings. The molecule has 1 N–H and O–H groups in total. The molecule has 0 aliphatic carbocycles. The average Bonchev–Trinajstić information content (AvgIpc) is 3.24. The average molecular weight is 446 g/mol. The molecule has 1 fully saturated rings. The first-order valence-electron chi connectivity index (χ1n) is 10.6. The number of rotatable bonds is 10. The Labute approximate surface area is 185 Å². The van der Waals surface area contributed by atoms with Gasteiger partial charge in [-0.2, -0.15) is 0 Å². The normalized spacial score (nSPS) is 14.4. The van der Waals surface area contributed by atoms with Crippen LogP contribution >= 0.6 is 0 Å². The maximum absolute atomic E-state index is 12.5. The molecule has 1 saturated heterocycles. The first-order valence-corrected chi connectivity index (χ1v) is 12.5. The van der Waals surface area contributed by atoms with Crippen molar-refractivity contribution in [3.63, 3.8) is 0 Å². The first-order chi connectivity index (χ1) is 14.8. The van der Waals surface area contributed by atoms with E-state index in [9.17, 15) is 13.2 Å². The van der Waals surface area contributed by atoms with Gasteiger partial charge in [-0.15, -0.1) is 0 Å².